The van der Waals surface area contributed by atoms with Crippen molar-refractivity contribution in [2.75, 3.05) is 7.11 Å². The van der Waals surface area contributed by atoms with E-state index >= 15 is 0 Å². The third-order valence-electron chi connectivity index (χ3n) is 3.21. The van der Waals surface area contributed by atoms with Gasteiger partial charge >= 0.3 is 19.1 Å². The van der Waals surface area contributed by atoms with E-state index in [0.29, 0.717) is 11.0 Å². The van der Waals surface area contributed by atoms with E-state index in [1.165, 1.54) is 6.08 Å². The Hall–Kier alpha value is -2.19. The van der Waals surface area contributed by atoms with Crippen LogP contribution in [0.3, 0.4) is 0 Å². The lowest BCUT2D eigenvalue weighted by molar-refractivity contribution is -0.150. The molecule has 1 aliphatic rings. The zero-order valence-electron chi connectivity index (χ0n) is 11.9. The molecule has 1 aliphatic heterocycles. The molecule has 0 saturated heterocycles. The number of rotatable bonds is 5. The lowest BCUT2D eigenvalue weighted by atomic mass is 9.78. The fraction of sp³-hybridized carbons (Fsp3) is 0.286. The second-order valence-corrected chi connectivity index (χ2v) is 4.64. The first-order valence-corrected chi connectivity index (χ1v) is 6.49. The van der Waals surface area contributed by atoms with Crippen molar-refractivity contribution in [3.63, 3.8) is 0 Å². The molecule has 1 aromatic carbocycles. The second kappa shape index (κ2) is 6.72. The Bertz CT molecular complexity index is 618. The smallest absolute Gasteiger partial charge is 0.466 e. The molecular formula is C14H14BFO6. The molecule has 22 heavy (non-hydrogen) atoms. The first-order valence-electron chi connectivity index (χ1n) is 6.49. The molecule has 0 aliphatic carbocycles. The van der Waals surface area contributed by atoms with Crippen LogP contribution in [0.2, 0.25) is 0 Å². The topological polar surface area (TPSA) is 82.1 Å². The highest BCUT2D eigenvalue weighted by Gasteiger charge is 2.31. The molecule has 0 spiro atoms. The normalized spacial score (nSPS) is 14.2. The van der Waals surface area contributed by atoms with Gasteiger partial charge in [0.1, 0.15) is 5.82 Å². The number of methoxy groups -OCH3 is 1. The van der Waals surface area contributed by atoms with E-state index < -0.39 is 31.0 Å². The summed E-state index contributed by atoms with van der Waals surface area (Å²) in [5.41, 5.74) is 0.366. The van der Waals surface area contributed by atoms with Crippen LogP contribution in [-0.4, -0.2) is 37.3 Å². The Morgan fingerprint density at radius 2 is 2.32 bits per heavy atom. The van der Waals surface area contributed by atoms with Crippen molar-refractivity contribution in [1.29, 1.82) is 0 Å². The highest BCUT2D eigenvalue weighted by atomic mass is 19.1. The summed E-state index contributed by atoms with van der Waals surface area (Å²) < 4.78 is 28.4. The number of ether oxygens (including phenoxy) is 2. The van der Waals surface area contributed by atoms with Gasteiger partial charge in [0.25, 0.3) is 0 Å². The minimum atomic E-state index is -1.22. The Morgan fingerprint density at radius 3 is 2.95 bits per heavy atom. The first kappa shape index (κ1) is 16.2. The summed E-state index contributed by atoms with van der Waals surface area (Å²) in [6.07, 6.45) is 0.214. The summed E-state index contributed by atoms with van der Waals surface area (Å²) in [5, 5.41) is 9.59. The van der Waals surface area contributed by atoms with Crippen molar-refractivity contribution < 1.29 is 33.1 Å². The number of halogens is 1. The third kappa shape index (κ3) is 3.18. The average molecular weight is 308 g/mol. The molecule has 0 aromatic heterocycles. The monoisotopic (exact) mass is 308 g/mol. The van der Waals surface area contributed by atoms with Gasteiger partial charge in [0.05, 0.1) is 19.3 Å². The summed E-state index contributed by atoms with van der Waals surface area (Å²) >= 11 is 0. The molecule has 116 valence electrons. The molecule has 1 unspecified atom stereocenters. The van der Waals surface area contributed by atoms with E-state index in [1.807, 2.05) is 0 Å². The Morgan fingerprint density at radius 1 is 1.59 bits per heavy atom. The second-order valence-electron chi connectivity index (χ2n) is 4.64. The first-order chi connectivity index (χ1) is 10.5. The van der Waals surface area contributed by atoms with Gasteiger partial charge in [0, 0.05) is 6.42 Å². The van der Waals surface area contributed by atoms with Crippen LogP contribution in [0.5, 0.6) is 0 Å². The van der Waals surface area contributed by atoms with Crippen LogP contribution in [0, 0.1) is 5.82 Å². The van der Waals surface area contributed by atoms with E-state index in [1.54, 1.807) is 0 Å². The maximum absolute atomic E-state index is 14.0. The predicted octanol–water partition coefficient (Wildman–Crippen LogP) is 0.318. The van der Waals surface area contributed by atoms with Gasteiger partial charge in [0.15, 0.2) is 0 Å². The zero-order valence-corrected chi connectivity index (χ0v) is 11.9. The minimum absolute atomic E-state index is 0.0384. The van der Waals surface area contributed by atoms with Crippen LogP contribution in [0.25, 0.3) is 0 Å². The third-order valence-corrected chi connectivity index (χ3v) is 3.21. The molecule has 0 fully saturated rings. The standard InChI is InChI=1S/C14H14BFO6/c1-3-4-12(14(18)20-2)22-13(17)9-6-10-8(5-11(9)16)7-21-15(10)19/h3,5-6,12,19H,1,4,7H2,2H3. The SMILES string of the molecule is C=CCC(OC(=O)c1cc2c(cc1F)COB2O)C(=O)OC. The van der Waals surface area contributed by atoms with Gasteiger partial charge in [0.2, 0.25) is 6.10 Å². The van der Waals surface area contributed by atoms with E-state index in [-0.39, 0.29) is 18.6 Å². The lowest BCUT2D eigenvalue weighted by Gasteiger charge is -2.14. The maximum Gasteiger partial charge on any atom is 0.491 e. The van der Waals surface area contributed by atoms with Crippen molar-refractivity contribution >= 4 is 24.5 Å². The molecule has 1 N–H and O–H groups in total. The van der Waals surface area contributed by atoms with Crippen molar-refractivity contribution in [3.8, 4) is 0 Å². The molecule has 8 heteroatoms. The number of hydrogen-bond donors (Lipinski definition) is 1. The van der Waals surface area contributed by atoms with Crippen LogP contribution < -0.4 is 5.46 Å². The molecule has 6 nitrogen and oxygen atoms in total. The average Bonchev–Trinajstić information content (AvgIpc) is 2.85. The van der Waals surface area contributed by atoms with Crippen LogP contribution >= 0.6 is 0 Å². The van der Waals surface area contributed by atoms with E-state index in [4.69, 9.17) is 9.39 Å². The Balaban J connectivity index is 2.24. The number of benzene rings is 1. The van der Waals surface area contributed by atoms with Crippen molar-refractivity contribution in [3.05, 3.63) is 41.7 Å². The fourth-order valence-corrected chi connectivity index (χ4v) is 2.07. The molecule has 1 heterocycles. The Kier molecular flexibility index (Phi) is 4.94. The van der Waals surface area contributed by atoms with Gasteiger partial charge < -0.3 is 19.2 Å². The van der Waals surface area contributed by atoms with Gasteiger partial charge in [-0.15, -0.1) is 6.58 Å². The highest BCUT2D eigenvalue weighted by Crippen LogP contribution is 2.17. The van der Waals surface area contributed by atoms with E-state index in [0.717, 1.165) is 19.2 Å². The van der Waals surface area contributed by atoms with Gasteiger partial charge in [-0.1, -0.05) is 6.08 Å². The number of esters is 2. The predicted molar refractivity (Wildman–Crippen MR) is 74.8 cm³/mol. The summed E-state index contributed by atoms with van der Waals surface area (Å²) in [6.45, 7) is 3.51. The van der Waals surface area contributed by atoms with Crippen molar-refractivity contribution in [1.82, 2.24) is 0 Å². The molecule has 1 atom stereocenters. The summed E-state index contributed by atoms with van der Waals surface area (Å²) in [7, 11) is -0.0672. The molecule has 0 saturated carbocycles. The number of carbonyl (C=O) groups is 2. The number of fused-ring (bicyclic) bond motifs is 1. The molecule has 0 amide bonds. The molecule has 2 rings (SSSR count). The van der Waals surface area contributed by atoms with Crippen LogP contribution in [0.1, 0.15) is 22.3 Å². The molecule has 0 radical (unpaired) electrons. The lowest BCUT2D eigenvalue weighted by Crippen LogP contribution is -2.31. The van der Waals surface area contributed by atoms with Crippen molar-refractivity contribution in [2.24, 2.45) is 0 Å². The van der Waals surface area contributed by atoms with Crippen LogP contribution in [0.4, 0.5) is 4.39 Å². The molecule has 0 bridgehead atoms. The highest BCUT2D eigenvalue weighted by molar-refractivity contribution is 6.61. The van der Waals surface area contributed by atoms with Crippen LogP contribution in [-0.2, 0) is 25.5 Å². The van der Waals surface area contributed by atoms with E-state index in [2.05, 4.69) is 11.3 Å². The Labute approximate surface area is 126 Å². The summed E-state index contributed by atoms with van der Waals surface area (Å²) in [4.78, 5) is 23.5. The summed E-state index contributed by atoms with van der Waals surface area (Å²) in [6, 6.07) is 2.26. The van der Waals surface area contributed by atoms with Gasteiger partial charge in [-0.2, -0.15) is 0 Å². The van der Waals surface area contributed by atoms with E-state index in [9.17, 15) is 19.0 Å². The van der Waals surface area contributed by atoms with Crippen molar-refractivity contribution in [2.45, 2.75) is 19.1 Å². The van der Waals surface area contributed by atoms with Crippen LogP contribution in [0.15, 0.2) is 24.8 Å². The quantitative estimate of drug-likeness (QED) is 0.479. The number of carbonyl (C=O) groups excluding carboxylic acids is 2. The molecule has 1 aromatic rings. The van der Waals surface area contributed by atoms with Gasteiger partial charge in [-0.05, 0) is 23.2 Å². The van der Waals surface area contributed by atoms with Gasteiger partial charge in [-0.3, -0.25) is 0 Å². The minimum Gasteiger partial charge on any atom is -0.466 e. The number of hydrogen-bond acceptors (Lipinski definition) is 6. The largest absolute Gasteiger partial charge is 0.491 e. The fourth-order valence-electron chi connectivity index (χ4n) is 2.07. The molecular weight excluding hydrogens is 294 g/mol. The maximum atomic E-state index is 14.0. The van der Waals surface area contributed by atoms with Gasteiger partial charge in [-0.25, -0.2) is 14.0 Å². The summed E-state index contributed by atoms with van der Waals surface area (Å²) in [5.74, 6) is -2.61. The zero-order chi connectivity index (χ0) is 16.3.